The number of aromatic carboxylic acids is 1. The third kappa shape index (κ3) is 3.22. The normalized spacial score (nSPS) is 23.1. The van der Waals surface area contributed by atoms with E-state index in [9.17, 15) is 4.79 Å². The van der Waals surface area contributed by atoms with Gasteiger partial charge in [0.05, 0.1) is 0 Å². The van der Waals surface area contributed by atoms with Gasteiger partial charge in [0.1, 0.15) is 0 Å². The fourth-order valence-electron chi connectivity index (χ4n) is 2.74. The molecule has 104 valence electrons. The minimum atomic E-state index is -1.00. The maximum atomic E-state index is 11.0. The van der Waals surface area contributed by atoms with E-state index in [2.05, 4.69) is 16.9 Å². The summed E-state index contributed by atoms with van der Waals surface area (Å²) in [5, 5.41) is 9.06. The summed E-state index contributed by atoms with van der Waals surface area (Å²) in [7, 11) is 1.96. The molecule has 0 bridgehead atoms. The van der Waals surface area contributed by atoms with Crippen LogP contribution >= 0.6 is 0 Å². The van der Waals surface area contributed by atoms with Crippen LogP contribution in [0.1, 0.15) is 48.8 Å². The molecule has 5 nitrogen and oxygen atoms in total. The van der Waals surface area contributed by atoms with Crippen molar-refractivity contribution in [2.45, 2.75) is 45.6 Å². The molecule has 2 unspecified atom stereocenters. The third-order valence-electron chi connectivity index (χ3n) is 3.83. The van der Waals surface area contributed by atoms with Crippen LogP contribution in [0.5, 0.6) is 0 Å². The molecule has 0 radical (unpaired) electrons. The van der Waals surface area contributed by atoms with E-state index in [1.54, 1.807) is 6.92 Å². The molecule has 1 N–H and O–H groups in total. The lowest BCUT2D eigenvalue weighted by Gasteiger charge is -2.34. The molecular formula is C14H21N3O2. The average Bonchev–Trinajstić information content (AvgIpc) is 2.37. The van der Waals surface area contributed by atoms with E-state index in [1.165, 1.54) is 18.9 Å². The molecule has 1 aliphatic carbocycles. The molecule has 1 fully saturated rings. The van der Waals surface area contributed by atoms with E-state index < -0.39 is 5.97 Å². The summed E-state index contributed by atoms with van der Waals surface area (Å²) < 4.78 is 0. The lowest BCUT2D eigenvalue weighted by Crippen LogP contribution is -2.37. The van der Waals surface area contributed by atoms with E-state index in [0.29, 0.717) is 23.6 Å². The number of aryl methyl sites for hydroxylation is 1. The molecule has 1 aromatic heterocycles. The van der Waals surface area contributed by atoms with Crippen molar-refractivity contribution in [1.29, 1.82) is 0 Å². The molecule has 1 saturated carbocycles. The van der Waals surface area contributed by atoms with Gasteiger partial charge < -0.3 is 10.0 Å². The molecule has 0 spiro atoms. The smallest absolute Gasteiger partial charge is 0.354 e. The van der Waals surface area contributed by atoms with Gasteiger partial charge >= 0.3 is 5.97 Å². The molecule has 5 heteroatoms. The van der Waals surface area contributed by atoms with Crippen molar-refractivity contribution < 1.29 is 9.90 Å². The number of hydrogen-bond acceptors (Lipinski definition) is 4. The van der Waals surface area contributed by atoms with Gasteiger partial charge in [-0.3, -0.25) is 0 Å². The van der Waals surface area contributed by atoms with Crippen molar-refractivity contribution in [2.24, 2.45) is 5.92 Å². The van der Waals surface area contributed by atoms with Crippen LogP contribution in [0.15, 0.2) is 6.07 Å². The molecule has 0 aliphatic heterocycles. The number of carbonyl (C=O) groups is 1. The zero-order chi connectivity index (χ0) is 14.0. The van der Waals surface area contributed by atoms with Crippen LogP contribution in [-0.4, -0.2) is 34.1 Å². The first kappa shape index (κ1) is 13.8. The standard InChI is InChI=1S/C14H21N3O2/c1-9-5-4-6-11(7-9)17(3)14-15-10(2)8-12(16-14)13(18)19/h8-9,11H,4-7H2,1-3H3,(H,18,19). The lowest BCUT2D eigenvalue weighted by atomic mass is 9.86. The maximum Gasteiger partial charge on any atom is 0.354 e. The topological polar surface area (TPSA) is 66.3 Å². The van der Waals surface area contributed by atoms with Crippen LogP contribution in [-0.2, 0) is 0 Å². The summed E-state index contributed by atoms with van der Waals surface area (Å²) in [4.78, 5) is 21.6. The quantitative estimate of drug-likeness (QED) is 0.907. The first-order valence-electron chi connectivity index (χ1n) is 6.79. The van der Waals surface area contributed by atoms with Gasteiger partial charge in [-0.05, 0) is 31.7 Å². The van der Waals surface area contributed by atoms with Gasteiger partial charge in [0.25, 0.3) is 0 Å². The first-order chi connectivity index (χ1) is 8.97. The first-order valence-corrected chi connectivity index (χ1v) is 6.79. The highest BCUT2D eigenvalue weighted by atomic mass is 16.4. The molecule has 19 heavy (non-hydrogen) atoms. The number of hydrogen-bond donors (Lipinski definition) is 1. The Kier molecular flexibility index (Phi) is 4.02. The van der Waals surface area contributed by atoms with Crippen molar-refractivity contribution in [3.05, 3.63) is 17.5 Å². The SMILES string of the molecule is Cc1cc(C(=O)O)nc(N(C)C2CCCC(C)C2)n1. The average molecular weight is 263 g/mol. The summed E-state index contributed by atoms with van der Waals surface area (Å²) in [5.41, 5.74) is 0.760. The largest absolute Gasteiger partial charge is 0.477 e. The van der Waals surface area contributed by atoms with Crippen molar-refractivity contribution >= 4 is 11.9 Å². The Bertz CT molecular complexity index is 476. The summed E-state index contributed by atoms with van der Waals surface area (Å²) in [6, 6.07) is 1.91. The predicted octanol–water partition coefficient (Wildman–Crippen LogP) is 2.50. The van der Waals surface area contributed by atoms with Gasteiger partial charge in [0.2, 0.25) is 5.95 Å². The molecule has 0 amide bonds. The van der Waals surface area contributed by atoms with Crippen molar-refractivity contribution in [3.8, 4) is 0 Å². The highest BCUT2D eigenvalue weighted by Crippen LogP contribution is 2.28. The lowest BCUT2D eigenvalue weighted by molar-refractivity contribution is 0.0690. The summed E-state index contributed by atoms with van der Waals surface area (Å²) in [5.74, 6) is 0.235. The van der Waals surface area contributed by atoms with Crippen LogP contribution < -0.4 is 4.90 Å². The number of nitrogens with zero attached hydrogens (tertiary/aromatic N) is 3. The number of anilines is 1. The minimum Gasteiger partial charge on any atom is -0.477 e. The highest BCUT2D eigenvalue weighted by Gasteiger charge is 2.24. The Labute approximate surface area is 113 Å². The Morgan fingerprint density at radius 2 is 2.16 bits per heavy atom. The van der Waals surface area contributed by atoms with E-state index in [4.69, 9.17) is 5.11 Å². The van der Waals surface area contributed by atoms with Crippen molar-refractivity contribution in [2.75, 3.05) is 11.9 Å². The van der Waals surface area contributed by atoms with Crippen LogP contribution in [0.3, 0.4) is 0 Å². The molecule has 2 rings (SSSR count). The van der Waals surface area contributed by atoms with Crippen LogP contribution in [0.25, 0.3) is 0 Å². The minimum absolute atomic E-state index is 0.0678. The monoisotopic (exact) mass is 263 g/mol. The van der Waals surface area contributed by atoms with Gasteiger partial charge in [-0.1, -0.05) is 19.8 Å². The molecule has 0 aromatic carbocycles. The molecule has 1 aromatic rings. The third-order valence-corrected chi connectivity index (χ3v) is 3.83. The second kappa shape index (κ2) is 5.55. The number of carboxylic acids is 1. The molecular weight excluding hydrogens is 242 g/mol. The second-order valence-electron chi connectivity index (χ2n) is 5.54. The van der Waals surface area contributed by atoms with Crippen LogP contribution in [0, 0.1) is 12.8 Å². The van der Waals surface area contributed by atoms with Gasteiger partial charge in [0, 0.05) is 18.8 Å². The van der Waals surface area contributed by atoms with Gasteiger partial charge in [-0.25, -0.2) is 14.8 Å². The van der Waals surface area contributed by atoms with Gasteiger partial charge in [0.15, 0.2) is 5.69 Å². The van der Waals surface area contributed by atoms with Crippen LogP contribution in [0.2, 0.25) is 0 Å². The zero-order valence-corrected chi connectivity index (χ0v) is 11.8. The van der Waals surface area contributed by atoms with Gasteiger partial charge in [-0.15, -0.1) is 0 Å². The number of carboxylic acid groups (broad SMARTS) is 1. The maximum absolute atomic E-state index is 11.0. The Balaban J connectivity index is 2.22. The van der Waals surface area contributed by atoms with Crippen molar-refractivity contribution in [3.63, 3.8) is 0 Å². The second-order valence-corrected chi connectivity index (χ2v) is 5.54. The van der Waals surface area contributed by atoms with Gasteiger partial charge in [-0.2, -0.15) is 0 Å². The molecule has 1 heterocycles. The predicted molar refractivity (Wildman–Crippen MR) is 73.6 cm³/mol. The number of rotatable bonds is 3. The molecule has 0 saturated heterocycles. The number of aromatic nitrogens is 2. The fraction of sp³-hybridized carbons (Fsp3) is 0.643. The Morgan fingerprint density at radius 3 is 2.79 bits per heavy atom. The Morgan fingerprint density at radius 1 is 1.42 bits per heavy atom. The Hall–Kier alpha value is -1.65. The van der Waals surface area contributed by atoms with E-state index in [0.717, 1.165) is 12.8 Å². The highest BCUT2D eigenvalue weighted by molar-refractivity contribution is 5.85. The zero-order valence-electron chi connectivity index (χ0n) is 11.8. The van der Waals surface area contributed by atoms with Crippen molar-refractivity contribution in [1.82, 2.24) is 9.97 Å². The summed E-state index contributed by atoms with van der Waals surface area (Å²) >= 11 is 0. The van der Waals surface area contributed by atoms with E-state index >= 15 is 0 Å². The fourth-order valence-corrected chi connectivity index (χ4v) is 2.74. The summed E-state index contributed by atoms with van der Waals surface area (Å²) in [6.07, 6.45) is 4.74. The molecule has 2 atom stereocenters. The molecule has 1 aliphatic rings. The summed E-state index contributed by atoms with van der Waals surface area (Å²) in [6.45, 7) is 4.06. The van der Waals surface area contributed by atoms with Crippen LogP contribution in [0.4, 0.5) is 5.95 Å². The van der Waals surface area contributed by atoms with E-state index in [1.807, 2.05) is 11.9 Å². The van der Waals surface area contributed by atoms with E-state index in [-0.39, 0.29) is 5.69 Å².